The molecular formula is C18H22N4O5S. The van der Waals surface area contributed by atoms with Gasteiger partial charge in [-0.25, -0.2) is 13.2 Å². The lowest BCUT2D eigenvalue weighted by atomic mass is 10.1. The van der Waals surface area contributed by atoms with Crippen LogP contribution in [0.25, 0.3) is 5.69 Å². The maximum absolute atomic E-state index is 12.3. The van der Waals surface area contributed by atoms with Crippen LogP contribution >= 0.6 is 0 Å². The summed E-state index contributed by atoms with van der Waals surface area (Å²) in [5.74, 6) is -1.34. The second kappa shape index (κ2) is 7.70. The zero-order valence-electron chi connectivity index (χ0n) is 15.9. The molecule has 28 heavy (non-hydrogen) atoms. The molecule has 0 bridgehead atoms. The second-order valence-corrected chi connectivity index (χ2v) is 9.19. The Hall–Kier alpha value is -2.75. The molecule has 9 nitrogen and oxygen atoms in total. The smallest absolute Gasteiger partial charge is 0.361 e. The number of hydrogen-bond donors (Lipinski definition) is 1. The van der Waals surface area contributed by atoms with Crippen molar-refractivity contribution in [2.75, 3.05) is 18.1 Å². The first kappa shape index (κ1) is 20.0. The van der Waals surface area contributed by atoms with Gasteiger partial charge >= 0.3 is 5.97 Å². The number of rotatable bonds is 5. The highest BCUT2D eigenvalue weighted by atomic mass is 32.2. The van der Waals surface area contributed by atoms with E-state index >= 15 is 0 Å². The maximum atomic E-state index is 12.3. The Morgan fingerprint density at radius 2 is 2.00 bits per heavy atom. The van der Waals surface area contributed by atoms with Gasteiger partial charge in [-0.05, 0) is 38.8 Å². The lowest BCUT2D eigenvalue weighted by molar-refractivity contribution is -0.124. The topological polar surface area (TPSA) is 120 Å². The number of sulfone groups is 1. The average Bonchev–Trinajstić information content (AvgIpc) is 3.14. The van der Waals surface area contributed by atoms with Crippen molar-refractivity contribution in [1.29, 1.82) is 0 Å². The van der Waals surface area contributed by atoms with E-state index in [0.29, 0.717) is 12.1 Å². The Morgan fingerprint density at radius 3 is 2.64 bits per heavy atom. The first-order chi connectivity index (χ1) is 13.1. The molecule has 150 valence electrons. The highest BCUT2D eigenvalue weighted by Gasteiger charge is 2.29. The van der Waals surface area contributed by atoms with E-state index in [2.05, 4.69) is 15.5 Å². The lowest BCUT2D eigenvalue weighted by Crippen LogP contribution is -2.38. The monoisotopic (exact) mass is 406 g/mol. The molecule has 1 amide bonds. The van der Waals surface area contributed by atoms with Crippen molar-refractivity contribution in [2.45, 2.75) is 33.2 Å². The number of nitrogens with zero attached hydrogens (tertiary/aromatic N) is 3. The number of esters is 1. The van der Waals surface area contributed by atoms with E-state index in [1.54, 1.807) is 6.92 Å². The van der Waals surface area contributed by atoms with E-state index in [-0.39, 0.29) is 17.2 Å². The molecule has 1 N–H and O–H groups in total. The number of aryl methyl sites for hydroxylation is 3. The number of carbonyl (C=O) groups is 2. The quantitative estimate of drug-likeness (QED) is 0.724. The van der Waals surface area contributed by atoms with Crippen LogP contribution in [-0.2, 0) is 19.4 Å². The molecule has 0 radical (unpaired) electrons. The summed E-state index contributed by atoms with van der Waals surface area (Å²) in [5.41, 5.74) is 3.21. The molecule has 3 rings (SSSR count). The summed E-state index contributed by atoms with van der Waals surface area (Å²) in [6, 6.07) is 5.33. The third-order valence-electron chi connectivity index (χ3n) is 4.48. The zero-order valence-corrected chi connectivity index (χ0v) is 16.7. The minimum atomic E-state index is -3.09. The van der Waals surface area contributed by atoms with Gasteiger partial charge in [-0.1, -0.05) is 17.7 Å². The van der Waals surface area contributed by atoms with Crippen molar-refractivity contribution in [1.82, 2.24) is 20.3 Å². The van der Waals surface area contributed by atoms with Gasteiger partial charge in [0.1, 0.15) is 0 Å². The minimum absolute atomic E-state index is 0.0243. The van der Waals surface area contributed by atoms with Crippen molar-refractivity contribution in [3.8, 4) is 5.69 Å². The summed E-state index contributed by atoms with van der Waals surface area (Å²) in [6.45, 7) is 5.03. The summed E-state index contributed by atoms with van der Waals surface area (Å²) >= 11 is 0. The van der Waals surface area contributed by atoms with E-state index in [1.807, 2.05) is 32.0 Å². The van der Waals surface area contributed by atoms with Gasteiger partial charge in [0.25, 0.3) is 5.91 Å². The summed E-state index contributed by atoms with van der Waals surface area (Å²) in [4.78, 5) is 25.6. The normalized spacial score (nSPS) is 18.0. The number of nitrogens with one attached hydrogen (secondary N) is 1. The fourth-order valence-electron chi connectivity index (χ4n) is 3.08. The fraction of sp³-hybridized carbons (Fsp3) is 0.444. The highest BCUT2D eigenvalue weighted by Crippen LogP contribution is 2.16. The lowest BCUT2D eigenvalue weighted by Gasteiger charge is -2.10. The number of carbonyl (C=O) groups excluding carboxylic acids is 2. The van der Waals surface area contributed by atoms with Gasteiger partial charge in [-0.2, -0.15) is 9.90 Å². The third-order valence-corrected chi connectivity index (χ3v) is 6.24. The Bertz CT molecular complexity index is 1030. The molecule has 0 saturated carbocycles. The molecule has 0 spiro atoms. The summed E-state index contributed by atoms with van der Waals surface area (Å²) in [5, 5.41) is 11.0. The Morgan fingerprint density at radius 1 is 1.25 bits per heavy atom. The number of ether oxygens (including phenoxy) is 1. The third kappa shape index (κ3) is 4.56. The molecule has 0 aliphatic carbocycles. The molecule has 1 aliphatic heterocycles. The van der Waals surface area contributed by atoms with Crippen molar-refractivity contribution in [3.05, 3.63) is 40.7 Å². The number of aromatic nitrogens is 3. The van der Waals surface area contributed by atoms with Gasteiger partial charge in [0.15, 0.2) is 22.1 Å². The van der Waals surface area contributed by atoms with E-state index in [1.165, 1.54) is 4.80 Å². The SMILES string of the molecule is Cc1ccc(-n2nc(C)c(C(=O)OCC(=O)N[C@@H]3CCS(=O)(=O)C3)n2)c(C)c1. The first-order valence-electron chi connectivity index (χ1n) is 8.83. The molecule has 0 unspecified atom stereocenters. The standard InChI is InChI=1S/C18H22N4O5S/c1-11-4-5-15(12(2)8-11)22-20-13(3)17(21-22)18(24)27-9-16(23)19-14-6-7-28(25,26)10-14/h4-5,8,14H,6-7,9-10H2,1-3H3,(H,19,23)/t14-/m1/s1. The Labute approximate surface area is 163 Å². The van der Waals surface area contributed by atoms with Crippen LogP contribution in [0.15, 0.2) is 18.2 Å². The van der Waals surface area contributed by atoms with E-state index in [9.17, 15) is 18.0 Å². The number of amides is 1. The minimum Gasteiger partial charge on any atom is -0.451 e. The molecule has 1 aromatic heterocycles. The first-order valence-corrected chi connectivity index (χ1v) is 10.7. The van der Waals surface area contributed by atoms with Gasteiger partial charge in [0.2, 0.25) is 0 Å². The van der Waals surface area contributed by atoms with Crippen LogP contribution in [0.3, 0.4) is 0 Å². The Kier molecular flexibility index (Phi) is 5.50. The van der Waals surface area contributed by atoms with E-state index < -0.39 is 34.4 Å². The molecule has 1 aromatic carbocycles. The van der Waals surface area contributed by atoms with Crippen LogP contribution in [0.1, 0.15) is 33.7 Å². The fourth-order valence-corrected chi connectivity index (χ4v) is 4.76. The van der Waals surface area contributed by atoms with Gasteiger partial charge in [-0.15, -0.1) is 5.10 Å². The van der Waals surface area contributed by atoms with Gasteiger partial charge < -0.3 is 10.1 Å². The molecule has 2 aromatic rings. The van der Waals surface area contributed by atoms with Crippen LogP contribution in [0.4, 0.5) is 0 Å². The van der Waals surface area contributed by atoms with Crippen LogP contribution in [0.5, 0.6) is 0 Å². The maximum Gasteiger partial charge on any atom is 0.361 e. The summed E-state index contributed by atoms with van der Waals surface area (Å²) < 4.78 is 27.9. The molecule has 10 heteroatoms. The van der Waals surface area contributed by atoms with E-state index in [4.69, 9.17) is 4.74 Å². The average molecular weight is 406 g/mol. The zero-order chi connectivity index (χ0) is 20.5. The largest absolute Gasteiger partial charge is 0.451 e. The predicted octanol–water partition coefficient (Wildman–Crippen LogP) is 0.653. The van der Waals surface area contributed by atoms with Crippen molar-refractivity contribution < 1.29 is 22.7 Å². The van der Waals surface area contributed by atoms with Gasteiger partial charge in [-0.3, -0.25) is 4.79 Å². The predicted molar refractivity (Wildman–Crippen MR) is 101 cm³/mol. The molecule has 1 fully saturated rings. The molecule has 1 aliphatic rings. The van der Waals surface area contributed by atoms with Crippen LogP contribution < -0.4 is 5.32 Å². The van der Waals surface area contributed by atoms with Crippen molar-refractivity contribution in [3.63, 3.8) is 0 Å². The summed E-state index contributed by atoms with van der Waals surface area (Å²) in [7, 11) is -3.09. The van der Waals surface area contributed by atoms with Crippen molar-refractivity contribution >= 4 is 21.7 Å². The number of benzene rings is 1. The van der Waals surface area contributed by atoms with Crippen molar-refractivity contribution in [2.24, 2.45) is 0 Å². The van der Waals surface area contributed by atoms with Gasteiger partial charge in [0, 0.05) is 6.04 Å². The van der Waals surface area contributed by atoms with Crippen LogP contribution in [0.2, 0.25) is 0 Å². The molecular weight excluding hydrogens is 384 g/mol. The van der Waals surface area contributed by atoms with Gasteiger partial charge in [0.05, 0.1) is 22.9 Å². The molecule has 2 heterocycles. The second-order valence-electron chi connectivity index (χ2n) is 6.96. The summed E-state index contributed by atoms with van der Waals surface area (Å²) in [6.07, 6.45) is 0.366. The molecule has 1 atom stereocenters. The highest BCUT2D eigenvalue weighted by molar-refractivity contribution is 7.91. The Balaban J connectivity index is 1.62. The van der Waals surface area contributed by atoms with Crippen LogP contribution in [0, 0.1) is 20.8 Å². The van der Waals surface area contributed by atoms with Crippen LogP contribution in [-0.4, -0.2) is 59.4 Å². The molecule has 1 saturated heterocycles. The van der Waals surface area contributed by atoms with E-state index in [0.717, 1.165) is 16.8 Å². The number of hydrogen-bond acceptors (Lipinski definition) is 7.